The van der Waals surface area contributed by atoms with Gasteiger partial charge in [-0.05, 0) is 55.4 Å². The molecule has 202 valence electrons. The number of hydrogen-bond acceptors (Lipinski definition) is 6. The number of alkyl halides is 3. The predicted molar refractivity (Wildman–Crippen MR) is 140 cm³/mol. The Morgan fingerprint density at radius 3 is 2.58 bits per heavy atom. The molecule has 2 aromatic heterocycles. The van der Waals surface area contributed by atoms with Crippen LogP contribution in [0.5, 0.6) is 5.88 Å². The lowest BCUT2D eigenvalue weighted by Gasteiger charge is -2.16. The van der Waals surface area contributed by atoms with Gasteiger partial charge in [0.1, 0.15) is 5.69 Å². The molecule has 0 aliphatic heterocycles. The Hall–Kier alpha value is -3.42. The number of pyridine rings is 1. The van der Waals surface area contributed by atoms with Crippen LogP contribution in [0.4, 0.5) is 18.9 Å². The Bertz CT molecular complexity index is 1370. The summed E-state index contributed by atoms with van der Waals surface area (Å²) in [5.74, 6) is -1.77. The van der Waals surface area contributed by atoms with Gasteiger partial charge in [-0.3, -0.25) is 14.9 Å². The van der Waals surface area contributed by atoms with Gasteiger partial charge in [0.25, 0.3) is 11.8 Å². The van der Waals surface area contributed by atoms with Crippen molar-refractivity contribution in [1.82, 2.24) is 25.4 Å². The van der Waals surface area contributed by atoms with Gasteiger partial charge in [-0.15, -0.1) is 5.10 Å². The van der Waals surface area contributed by atoms with E-state index >= 15 is 0 Å². The first-order chi connectivity index (χ1) is 17.9. The van der Waals surface area contributed by atoms with Gasteiger partial charge < -0.3 is 15.4 Å². The number of ether oxygens (including phenoxy) is 1. The van der Waals surface area contributed by atoms with Crippen LogP contribution >= 0.6 is 35.4 Å². The summed E-state index contributed by atoms with van der Waals surface area (Å²) in [4.78, 5) is 29.8. The molecule has 0 radical (unpaired) electrons. The summed E-state index contributed by atoms with van der Waals surface area (Å²) < 4.78 is 43.6. The summed E-state index contributed by atoms with van der Waals surface area (Å²) in [6.45, 7) is 2.40. The van der Waals surface area contributed by atoms with Crippen molar-refractivity contribution < 1.29 is 27.5 Å². The van der Waals surface area contributed by atoms with Crippen LogP contribution in [0, 0.1) is 6.92 Å². The third-order valence-corrected chi connectivity index (χ3v) is 5.51. The maximum absolute atomic E-state index is 13.1. The maximum Gasteiger partial charge on any atom is 0.422 e. The number of nitrogens with zero attached hydrogens (tertiary/aromatic N) is 3. The van der Waals surface area contributed by atoms with Crippen molar-refractivity contribution in [2.45, 2.75) is 26.4 Å². The molecule has 15 heteroatoms. The largest absolute Gasteiger partial charge is 0.467 e. The number of anilines is 1. The number of aryl methyl sites for hydroxylation is 1. The number of aromatic nitrogens is 3. The SMILES string of the molecule is CCCNC(=O)c1cc(Cl)cc(C)c1NC(=S)NC(=O)c1cc(OCC(F)(F)F)nn1-c1ncccc1Cl. The fourth-order valence-electron chi connectivity index (χ4n) is 3.18. The van der Waals surface area contributed by atoms with E-state index in [-0.39, 0.29) is 27.2 Å². The number of amides is 2. The molecule has 3 N–H and O–H groups in total. The van der Waals surface area contributed by atoms with E-state index in [4.69, 9.17) is 40.2 Å². The average Bonchev–Trinajstić information content (AvgIpc) is 3.27. The van der Waals surface area contributed by atoms with Gasteiger partial charge in [-0.1, -0.05) is 30.1 Å². The number of carbonyl (C=O) groups excluding carboxylic acids is 2. The van der Waals surface area contributed by atoms with Gasteiger partial charge >= 0.3 is 6.18 Å². The van der Waals surface area contributed by atoms with Crippen molar-refractivity contribution in [2.75, 3.05) is 18.5 Å². The van der Waals surface area contributed by atoms with Crippen molar-refractivity contribution >= 4 is 58.0 Å². The fourth-order valence-corrected chi connectivity index (χ4v) is 3.85. The molecule has 3 rings (SSSR count). The van der Waals surface area contributed by atoms with Crippen LogP contribution < -0.4 is 20.7 Å². The van der Waals surface area contributed by atoms with E-state index < -0.39 is 30.5 Å². The van der Waals surface area contributed by atoms with Crippen LogP contribution in [0.2, 0.25) is 10.0 Å². The number of halogens is 5. The van der Waals surface area contributed by atoms with E-state index in [1.807, 2.05) is 6.92 Å². The molecule has 0 aliphatic carbocycles. The highest BCUT2D eigenvalue weighted by atomic mass is 35.5. The molecule has 38 heavy (non-hydrogen) atoms. The molecule has 0 bridgehead atoms. The Kier molecular flexibility index (Phi) is 9.52. The summed E-state index contributed by atoms with van der Waals surface area (Å²) >= 11 is 17.6. The molecule has 9 nitrogen and oxygen atoms in total. The lowest BCUT2D eigenvalue weighted by Crippen LogP contribution is -2.36. The molecular formula is C23H21Cl2F3N6O3S. The molecule has 0 saturated heterocycles. The van der Waals surface area contributed by atoms with Crippen molar-refractivity contribution in [3.05, 3.63) is 63.4 Å². The molecular weight excluding hydrogens is 568 g/mol. The Morgan fingerprint density at radius 2 is 1.92 bits per heavy atom. The first-order valence-electron chi connectivity index (χ1n) is 11.0. The van der Waals surface area contributed by atoms with E-state index in [2.05, 4.69) is 26.0 Å². The van der Waals surface area contributed by atoms with Gasteiger partial charge in [-0.25, -0.2) is 9.67 Å². The third-order valence-electron chi connectivity index (χ3n) is 4.79. The second-order valence-corrected chi connectivity index (χ2v) is 9.05. The van der Waals surface area contributed by atoms with Crippen LogP contribution in [0.25, 0.3) is 5.82 Å². The standard InChI is InChI=1S/C23H21Cl2F3N6O3S/c1-3-6-30-20(35)14-9-13(24)8-12(2)18(14)31-22(38)32-21(36)16-10-17(37-11-23(26,27)28)33-34(16)19-15(25)5-4-7-29-19/h4-5,7-10H,3,6,11H2,1-2H3,(H,30,35)(H2,31,32,36,38). The van der Waals surface area contributed by atoms with Crippen LogP contribution in [-0.2, 0) is 0 Å². The highest BCUT2D eigenvalue weighted by Gasteiger charge is 2.30. The first-order valence-corrected chi connectivity index (χ1v) is 12.2. The lowest BCUT2D eigenvalue weighted by molar-refractivity contribution is -0.154. The third kappa shape index (κ3) is 7.55. The zero-order valence-corrected chi connectivity index (χ0v) is 22.3. The van der Waals surface area contributed by atoms with Crippen LogP contribution in [0.3, 0.4) is 0 Å². The van der Waals surface area contributed by atoms with Gasteiger partial charge in [0.2, 0.25) is 5.88 Å². The molecule has 0 unspecified atom stereocenters. The van der Waals surface area contributed by atoms with Gasteiger partial charge in [0.15, 0.2) is 17.5 Å². The number of rotatable bonds is 8. The second-order valence-electron chi connectivity index (χ2n) is 7.80. The molecule has 0 spiro atoms. The molecule has 0 saturated carbocycles. The summed E-state index contributed by atoms with van der Waals surface area (Å²) in [5, 5.41) is 12.1. The van der Waals surface area contributed by atoms with E-state index in [0.717, 1.165) is 10.7 Å². The first kappa shape index (κ1) is 29.1. The van der Waals surface area contributed by atoms with Crippen molar-refractivity contribution in [2.24, 2.45) is 0 Å². The number of thiocarbonyl (C=S) groups is 1. The number of nitrogens with one attached hydrogen (secondary N) is 3. The summed E-state index contributed by atoms with van der Waals surface area (Å²) in [6, 6.07) is 7.04. The molecule has 0 atom stereocenters. The summed E-state index contributed by atoms with van der Waals surface area (Å²) in [7, 11) is 0. The maximum atomic E-state index is 13.1. The van der Waals surface area contributed by atoms with Gasteiger partial charge in [-0.2, -0.15) is 13.2 Å². The van der Waals surface area contributed by atoms with Gasteiger partial charge in [0.05, 0.1) is 16.3 Å². The normalized spacial score (nSPS) is 11.1. The van der Waals surface area contributed by atoms with Crippen LogP contribution in [0.15, 0.2) is 36.5 Å². The Labute approximate surface area is 230 Å². The van der Waals surface area contributed by atoms with E-state index in [9.17, 15) is 22.8 Å². The minimum absolute atomic E-state index is 0.0246. The fraction of sp³-hybridized carbons (Fsp3) is 0.261. The average molecular weight is 589 g/mol. The van der Waals surface area contributed by atoms with E-state index in [1.165, 1.54) is 24.4 Å². The smallest absolute Gasteiger partial charge is 0.422 e. The molecule has 1 aromatic carbocycles. The number of carbonyl (C=O) groups is 2. The molecule has 2 heterocycles. The Morgan fingerprint density at radius 1 is 1.18 bits per heavy atom. The van der Waals surface area contributed by atoms with Crippen LogP contribution in [0.1, 0.15) is 39.8 Å². The zero-order valence-electron chi connectivity index (χ0n) is 19.9. The molecule has 0 fully saturated rings. The monoisotopic (exact) mass is 588 g/mol. The highest BCUT2D eigenvalue weighted by molar-refractivity contribution is 7.80. The lowest BCUT2D eigenvalue weighted by atomic mass is 10.1. The second kappa shape index (κ2) is 12.4. The summed E-state index contributed by atoms with van der Waals surface area (Å²) in [6.07, 6.45) is -2.55. The zero-order chi connectivity index (χ0) is 28.0. The summed E-state index contributed by atoms with van der Waals surface area (Å²) in [5.41, 5.74) is 0.821. The molecule has 2 amide bonds. The Balaban J connectivity index is 1.88. The minimum atomic E-state index is -4.63. The van der Waals surface area contributed by atoms with E-state index in [0.29, 0.717) is 29.2 Å². The van der Waals surface area contributed by atoms with Gasteiger partial charge in [0, 0.05) is 23.8 Å². The quantitative estimate of drug-likeness (QED) is 0.314. The number of hydrogen-bond donors (Lipinski definition) is 3. The minimum Gasteiger partial charge on any atom is -0.467 e. The number of benzene rings is 1. The topological polar surface area (TPSA) is 110 Å². The van der Waals surface area contributed by atoms with Crippen molar-refractivity contribution in [3.63, 3.8) is 0 Å². The van der Waals surface area contributed by atoms with Crippen molar-refractivity contribution in [1.29, 1.82) is 0 Å². The van der Waals surface area contributed by atoms with Crippen LogP contribution in [-0.4, -0.2) is 51.0 Å². The molecule has 3 aromatic rings. The highest BCUT2D eigenvalue weighted by Crippen LogP contribution is 2.27. The van der Waals surface area contributed by atoms with Crippen molar-refractivity contribution in [3.8, 4) is 11.7 Å². The predicted octanol–water partition coefficient (Wildman–Crippen LogP) is 5.09. The molecule has 0 aliphatic rings. The van der Waals surface area contributed by atoms with E-state index in [1.54, 1.807) is 13.0 Å².